The van der Waals surface area contributed by atoms with Crippen molar-refractivity contribution in [3.05, 3.63) is 0 Å². The molecule has 2 aliphatic rings. The molecule has 0 aromatic heterocycles. The highest BCUT2D eigenvalue weighted by Crippen LogP contribution is 2.19. The molecule has 2 heterocycles. The van der Waals surface area contributed by atoms with Crippen LogP contribution in [0.5, 0.6) is 0 Å². The summed E-state index contributed by atoms with van der Waals surface area (Å²) in [6, 6.07) is 0.180. The van der Waals surface area contributed by atoms with E-state index in [4.69, 9.17) is 9.47 Å². The van der Waals surface area contributed by atoms with E-state index in [0.29, 0.717) is 19.0 Å². The molecule has 23 heavy (non-hydrogen) atoms. The van der Waals surface area contributed by atoms with Crippen LogP contribution in [0.3, 0.4) is 0 Å². The number of carbonyl (C=O) groups is 1. The van der Waals surface area contributed by atoms with Crippen LogP contribution in [0.2, 0.25) is 0 Å². The molecule has 0 spiro atoms. The number of methoxy groups -OCH3 is 1. The average molecular weight is 327 g/mol. The van der Waals surface area contributed by atoms with Crippen molar-refractivity contribution in [2.24, 2.45) is 5.92 Å². The third-order valence-electron chi connectivity index (χ3n) is 4.61. The van der Waals surface area contributed by atoms with Gasteiger partial charge < -0.3 is 24.6 Å². The van der Waals surface area contributed by atoms with Crippen molar-refractivity contribution in [2.75, 3.05) is 46.9 Å². The van der Waals surface area contributed by atoms with E-state index in [0.717, 1.165) is 13.1 Å². The third kappa shape index (κ3) is 5.62. The average Bonchev–Trinajstić information content (AvgIpc) is 2.87. The van der Waals surface area contributed by atoms with E-state index < -0.39 is 5.60 Å². The smallest absolute Gasteiger partial charge is 0.410 e. The molecule has 1 amide bonds. The Morgan fingerprint density at radius 1 is 1.26 bits per heavy atom. The van der Waals surface area contributed by atoms with E-state index in [1.165, 1.54) is 19.4 Å². The van der Waals surface area contributed by atoms with E-state index in [2.05, 4.69) is 17.3 Å². The van der Waals surface area contributed by atoms with Crippen LogP contribution < -0.4 is 5.32 Å². The standard InChI is InChI=1S/C17H33N3O3/c1-17(2,3)23-16(21)20-11-14(15(12-20)22-5)18-9-13-7-6-8-19(4)10-13/h13-15,18H,6-12H2,1-5H3/t13?,14?,15-/m0/s1. The molecule has 0 aromatic carbocycles. The Bertz CT molecular complexity index is 397. The van der Waals surface area contributed by atoms with Crippen LogP contribution in [-0.2, 0) is 9.47 Å². The quantitative estimate of drug-likeness (QED) is 0.849. The summed E-state index contributed by atoms with van der Waals surface area (Å²) < 4.78 is 11.0. The van der Waals surface area contributed by atoms with Crippen LogP contribution in [-0.4, -0.2) is 80.5 Å². The van der Waals surface area contributed by atoms with Crippen LogP contribution in [0, 0.1) is 5.92 Å². The molecule has 6 nitrogen and oxygen atoms in total. The first-order valence-corrected chi connectivity index (χ1v) is 8.71. The van der Waals surface area contributed by atoms with Crippen LogP contribution in [0.4, 0.5) is 4.79 Å². The van der Waals surface area contributed by atoms with Gasteiger partial charge in [0.15, 0.2) is 0 Å². The first-order valence-electron chi connectivity index (χ1n) is 8.71. The highest BCUT2D eigenvalue weighted by molar-refractivity contribution is 5.68. The Morgan fingerprint density at radius 3 is 2.61 bits per heavy atom. The van der Waals surface area contributed by atoms with Gasteiger partial charge in [-0.1, -0.05) is 0 Å². The molecule has 2 rings (SSSR count). The van der Waals surface area contributed by atoms with Crippen molar-refractivity contribution in [1.82, 2.24) is 15.1 Å². The minimum Gasteiger partial charge on any atom is -0.444 e. The second kappa shape index (κ2) is 7.81. The molecule has 0 aliphatic carbocycles. The molecule has 3 atom stereocenters. The van der Waals surface area contributed by atoms with Crippen molar-refractivity contribution >= 4 is 6.09 Å². The Kier molecular flexibility index (Phi) is 6.28. The van der Waals surface area contributed by atoms with Gasteiger partial charge in [-0.2, -0.15) is 0 Å². The maximum Gasteiger partial charge on any atom is 0.410 e. The van der Waals surface area contributed by atoms with Crippen molar-refractivity contribution in [3.8, 4) is 0 Å². The van der Waals surface area contributed by atoms with Gasteiger partial charge in [0, 0.05) is 20.2 Å². The van der Waals surface area contributed by atoms with Crippen molar-refractivity contribution < 1.29 is 14.3 Å². The van der Waals surface area contributed by atoms with Crippen LogP contribution in [0.25, 0.3) is 0 Å². The second-order valence-electron chi connectivity index (χ2n) is 7.94. The molecule has 0 aromatic rings. The molecule has 2 fully saturated rings. The first kappa shape index (κ1) is 18.5. The number of carbonyl (C=O) groups excluding carboxylic acids is 1. The summed E-state index contributed by atoms with van der Waals surface area (Å²) in [6.45, 7) is 10.2. The Morgan fingerprint density at radius 2 is 2.00 bits per heavy atom. The topological polar surface area (TPSA) is 54.0 Å². The predicted molar refractivity (Wildman–Crippen MR) is 90.6 cm³/mol. The number of nitrogens with zero attached hydrogens (tertiary/aromatic N) is 2. The zero-order valence-corrected chi connectivity index (χ0v) is 15.3. The number of hydrogen-bond donors (Lipinski definition) is 1. The number of rotatable bonds is 4. The fraction of sp³-hybridized carbons (Fsp3) is 0.941. The molecular formula is C17H33N3O3. The Hall–Kier alpha value is -0.850. The molecular weight excluding hydrogens is 294 g/mol. The molecule has 0 radical (unpaired) electrons. The summed E-state index contributed by atoms with van der Waals surface area (Å²) in [6.07, 6.45) is 2.33. The highest BCUT2D eigenvalue weighted by atomic mass is 16.6. The Balaban J connectivity index is 1.83. The van der Waals surface area contributed by atoms with E-state index in [1.807, 2.05) is 20.8 Å². The van der Waals surface area contributed by atoms with Crippen molar-refractivity contribution in [3.63, 3.8) is 0 Å². The molecule has 2 saturated heterocycles. The van der Waals surface area contributed by atoms with Gasteiger partial charge in [0.1, 0.15) is 5.60 Å². The predicted octanol–water partition coefficient (Wildman–Crippen LogP) is 1.55. The lowest BCUT2D eigenvalue weighted by Gasteiger charge is -2.31. The number of amides is 1. The third-order valence-corrected chi connectivity index (χ3v) is 4.61. The first-order chi connectivity index (χ1) is 10.8. The fourth-order valence-corrected chi connectivity index (χ4v) is 3.44. The molecule has 2 unspecified atom stereocenters. The van der Waals surface area contributed by atoms with E-state index in [9.17, 15) is 4.79 Å². The van der Waals surface area contributed by atoms with Crippen molar-refractivity contribution in [1.29, 1.82) is 0 Å². The van der Waals surface area contributed by atoms with Gasteiger partial charge in [0.25, 0.3) is 0 Å². The molecule has 6 heteroatoms. The summed E-state index contributed by atoms with van der Waals surface area (Å²) >= 11 is 0. The summed E-state index contributed by atoms with van der Waals surface area (Å²) in [5.41, 5.74) is -0.460. The van der Waals surface area contributed by atoms with Gasteiger partial charge in [-0.25, -0.2) is 4.79 Å². The lowest BCUT2D eigenvalue weighted by atomic mass is 9.98. The van der Waals surface area contributed by atoms with Gasteiger partial charge in [0.2, 0.25) is 0 Å². The van der Waals surface area contributed by atoms with Gasteiger partial charge in [-0.05, 0) is 59.7 Å². The second-order valence-corrected chi connectivity index (χ2v) is 7.94. The number of ether oxygens (including phenoxy) is 2. The SMILES string of the molecule is CO[C@H]1CN(C(=O)OC(C)(C)C)CC1NCC1CCCN(C)C1. The maximum atomic E-state index is 12.2. The fourth-order valence-electron chi connectivity index (χ4n) is 3.44. The highest BCUT2D eigenvalue weighted by Gasteiger charge is 2.37. The monoisotopic (exact) mass is 327 g/mol. The molecule has 1 N–H and O–H groups in total. The lowest BCUT2D eigenvalue weighted by Crippen LogP contribution is -2.45. The summed E-state index contributed by atoms with van der Waals surface area (Å²) in [5, 5.41) is 3.62. The summed E-state index contributed by atoms with van der Waals surface area (Å²) in [4.78, 5) is 16.4. The van der Waals surface area contributed by atoms with E-state index in [1.54, 1.807) is 12.0 Å². The summed E-state index contributed by atoms with van der Waals surface area (Å²) in [5.74, 6) is 0.682. The number of piperidine rings is 1. The van der Waals surface area contributed by atoms with Gasteiger partial charge >= 0.3 is 6.09 Å². The minimum atomic E-state index is -0.460. The van der Waals surface area contributed by atoms with Gasteiger partial charge in [-0.3, -0.25) is 0 Å². The number of hydrogen-bond acceptors (Lipinski definition) is 5. The van der Waals surface area contributed by atoms with E-state index in [-0.39, 0.29) is 18.2 Å². The lowest BCUT2D eigenvalue weighted by molar-refractivity contribution is 0.0252. The zero-order chi connectivity index (χ0) is 17.0. The van der Waals surface area contributed by atoms with Crippen LogP contribution in [0.15, 0.2) is 0 Å². The van der Waals surface area contributed by atoms with E-state index >= 15 is 0 Å². The van der Waals surface area contributed by atoms with Crippen LogP contribution in [0.1, 0.15) is 33.6 Å². The van der Waals surface area contributed by atoms with Crippen LogP contribution >= 0.6 is 0 Å². The number of likely N-dealkylation sites (tertiary alicyclic amines) is 2. The Labute approximate surface area is 140 Å². The molecule has 134 valence electrons. The normalized spacial score (nSPS) is 29.8. The molecule has 2 aliphatic heterocycles. The maximum absolute atomic E-state index is 12.2. The zero-order valence-electron chi connectivity index (χ0n) is 15.3. The largest absolute Gasteiger partial charge is 0.444 e. The molecule has 0 bridgehead atoms. The summed E-state index contributed by atoms with van der Waals surface area (Å²) in [7, 11) is 3.90. The number of nitrogens with one attached hydrogen (secondary N) is 1. The van der Waals surface area contributed by atoms with Crippen molar-refractivity contribution in [2.45, 2.75) is 51.4 Å². The molecule has 0 saturated carbocycles. The van der Waals surface area contributed by atoms with Gasteiger partial charge in [-0.15, -0.1) is 0 Å². The minimum absolute atomic E-state index is 0.0313. The van der Waals surface area contributed by atoms with Gasteiger partial charge in [0.05, 0.1) is 18.7 Å².